The number of rotatable bonds is 3. The van der Waals surface area contributed by atoms with Crippen molar-refractivity contribution in [1.82, 2.24) is 0 Å². The number of nitrogens with two attached hydrogens (primary N) is 2. The number of thioether (sulfide) groups is 1. The Hall–Kier alpha value is -1.49. The second-order valence-electron chi connectivity index (χ2n) is 3.53. The molecule has 1 heterocycles. The van der Waals surface area contributed by atoms with Gasteiger partial charge in [0.25, 0.3) is 0 Å². The molecule has 1 aliphatic heterocycles. The molecule has 4 nitrogen and oxygen atoms in total. The molecule has 16 heavy (non-hydrogen) atoms. The summed E-state index contributed by atoms with van der Waals surface area (Å²) in [4.78, 5) is 4.03. The highest BCUT2D eigenvalue weighted by molar-refractivity contribution is 8.15. The number of methoxy groups -OCH3 is 1. The van der Waals surface area contributed by atoms with Gasteiger partial charge in [0.1, 0.15) is 11.0 Å². The average molecular weight is 236 g/mol. The van der Waals surface area contributed by atoms with Crippen molar-refractivity contribution in [2.24, 2.45) is 10.7 Å². The maximum Gasteiger partial charge on any atom is 0.353 e. The molecule has 2 rings (SSSR count). The van der Waals surface area contributed by atoms with Crippen LogP contribution in [0.1, 0.15) is 5.56 Å². The molecular formula is C11H14N3OS+. The summed E-state index contributed by atoms with van der Waals surface area (Å²) in [5, 5.41) is 6.32. The first kappa shape index (κ1) is 11.0. The van der Waals surface area contributed by atoms with Crippen LogP contribution >= 0.6 is 11.8 Å². The Morgan fingerprint density at radius 3 is 2.62 bits per heavy atom. The van der Waals surface area contributed by atoms with E-state index in [4.69, 9.17) is 15.9 Å². The largest absolute Gasteiger partial charge is 0.497 e. The van der Waals surface area contributed by atoms with Gasteiger partial charge in [0.05, 0.1) is 7.11 Å². The van der Waals surface area contributed by atoms with Gasteiger partial charge in [-0.2, -0.15) is 0 Å². The van der Waals surface area contributed by atoms with Gasteiger partial charge >= 0.3 is 5.17 Å². The van der Waals surface area contributed by atoms with Crippen molar-refractivity contribution in [2.45, 2.75) is 11.7 Å². The van der Waals surface area contributed by atoms with Gasteiger partial charge in [0, 0.05) is 0 Å². The van der Waals surface area contributed by atoms with Crippen LogP contribution in [0, 0.1) is 0 Å². The van der Waals surface area contributed by atoms with E-state index in [1.54, 1.807) is 7.11 Å². The van der Waals surface area contributed by atoms with Crippen LogP contribution in [0.5, 0.6) is 5.75 Å². The van der Waals surface area contributed by atoms with Gasteiger partial charge < -0.3 is 10.5 Å². The summed E-state index contributed by atoms with van der Waals surface area (Å²) in [5.41, 5.74) is 6.98. The fourth-order valence-electron chi connectivity index (χ4n) is 1.55. The number of aliphatic imine (C=N–C) groups is 1. The third-order valence-corrected chi connectivity index (χ3v) is 3.44. The van der Waals surface area contributed by atoms with Crippen LogP contribution in [-0.4, -0.2) is 23.4 Å². The Labute approximate surface area is 98.4 Å². The molecule has 1 aromatic carbocycles. The van der Waals surface area contributed by atoms with Gasteiger partial charge in [-0.1, -0.05) is 12.1 Å². The van der Waals surface area contributed by atoms with Crippen LogP contribution in [-0.2, 0) is 6.42 Å². The molecule has 0 spiro atoms. The van der Waals surface area contributed by atoms with E-state index in [-0.39, 0.29) is 5.25 Å². The first-order valence-electron chi connectivity index (χ1n) is 4.95. The highest BCUT2D eigenvalue weighted by atomic mass is 32.2. The van der Waals surface area contributed by atoms with Crippen LogP contribution in [0.4, 0.5) is 0 Å². The van der Waals surface area contributed by atoms with Crippen molar-refractivity contribution in [2.75, 3.05) is 7.11 Å². The van der Waals surface area contributed by atoms with Crippen LogP contribution < -0.4 is 15.9 Å². The van der Waals surface area contributed by atoms with Crippen LogP contribution in [0.3, 0.4) is 0 Å². The second-order valence-corrected chi connectivity index (χ2v) is 4.76. The molecule has 0 aliphatic carbocycles. The molecule has 4 N–H and O–H groups in total. The van der Waals surface area contributed by atoms with Crippen molar-refractivity contribution in [3.63, 3.8) is 0 Å². The van der Waals surface area contributed by atoms with Gasteiger partial charge in [-0.15, -0.1) is 0 Å². The topological polar surface area (TPSA) is 73.2 Å². The molecule has 0 amide bonds. The molecule has 0 radical (unpaired) electrons. The van der Waals surface area contributed by atoms with Gasteiger partial charge in [0.15, 0.2) is 0 Å². The summed E-state index contributed by atoms with van der Waals surface area (Å²) < 4.78 is 5.10. The Bertz CT molecular complexity index is 427. The van der Waals surface area contributed by atoms with Crippen LogP contribution in [0.25, 0.3) is 0 Å². The highest BCUT2D eigenvalue weighted by Crippen LogP contribution is 2.23. The number of nitrogens with zero attached hydrogens (tertiary/aromatic N) is 1. The lowest BCUT2D eigenvalue weighted by molar-refractivity contribution is -0.109. The Morgan fingerprint density at radius 2 is 2.12 bits per heavy atom. The third kappa shape index (κ3) is 2.36. The molecule has 0 saturated carbocycles. The average Bonchev–Trinajstić information content (AvgIpc) is 2.59. The number of hydrogen-bond acceptors (Lipinski definition) is 3. The molecule has 0 fully saturated rings. The zero-order valence-corrected chi connectivity index (χ0v) is 9.83. The maximum absolute atomic E-state index is 5.78. The van der Waals surface area contributed by atoms with Crippen LogP contribution in [0.2, 0.25) is 0 Å². The Kier molecular flexibility index (Phi) is 3.14. The van der Waals surface area contributed by atoms with Gasteiger partial charge in [-0.25, -0.2) is 0 Å². The monoisotopic (exact) mass is 236 g/mol. The van der Waals surface area contributed by atoms with E-state index in [0.717, 1.165) is 12.2 Å². The zero-order chi connectivity index (χ0) is 11.5. The quantitative estimate of drug-likeness (QED) is 0.765. The predicted molar refractivity (Wildman–Crippen MR) is 66.6 cm³/mol. The fourth-order valence-corrected chi connectivity index (χ4v) is 2.45. The van der Waals surface area contributed by atoms with E-state index in [1.807, 2.05) is 24.3 Å². The van der Waals surface area contributed by atoms with Crippen molar-refractivity contribution in [3.8, 4) is 5.75 Å². The molecule has 0 aromatic heterocycles. The lowest BCUT2D eigenvalue weighted by Crippen LogP contribution is -2.35. The Balaban J connectivity index is 2.04. The van der Waals surface area contributed by atoms with E-state index < -0.39 is 0 Å². The first-order chi connectivity index (χ1) is 7.69. The summed E-state index contributed by atoms with van der Waals surface area (Å²) in [6.45, 7) is 0. The minimum atomic E-state index is 0.161. The van der Waals surface area contributed by atoms with Gasteiger partial charge in [0.2, 0.25) is 5.84 Å². The number of ether oxygens (including phenoxy) is 1. The van der Waals surface area contributed by atoms with Crippen molar-refractivity contribution < 1.29 is 10.1 Å². The molecule has 1 aliphatic rings. The van der Waals surface area contributed by atoms with Gasteiger partial charge in [-0.3, -0.25) is 5.41 Å². The normalized spacial score (nSPS) is 19.7. The zero-order valence-electron chi connectivity index (χ0n) is 9.01. The van der Waals surface area contributed by atoms with Gasteiger partial charge in [-0.05, 0) is 40.9 Å². The summed E-state index contributed by atoms with van der Waals surface area (Å²) in [7, 11) is 1.65. The van der Waals surface area contributed by atoms with Crippen molar-refractivity contribution >= 4 is 22.8 Å². The van der Waals surface area contributed by atoms with E-state index in [2.05, 4.69) is 4.99 Å². The molecule has 1 atom stereocenters. The highest BCUT2D eigenvalue weighted by Gasteiger charge is 2.30. The van der Waals surface area contributed by atoms with E-state index >= 15 is 0 Å². The maximum atomic E-state index is 5.78. The molecule has 0 unspecified atom stereocenters. The lowest BCUT2D eigenvalue weighted by Gasteiger charge is -2.06. The number of amidine groups is 2. The van der Waals surface area contributed by atoms with Crippen LogP contribution in [0.15, 0.2) is 29.3 Å². The SMILES string of the molecule is COc1ccc(C[C@H]2SC(=[NH2+])N=C2N)cc1. The van der Waals surface area contributed by atoms with E-state index in [1.165, 1.54) is 17.3 Å². The van der Waals surface area contributed by atoms with Crippen molar-refractivity contribution in [1.29, 1.82) is 0 Å². The molecule has 0 saturated heterocycles. The predicted octanol–water partition coefficient (Wildman–Crippen LogP) is -0.175. The molecule has 5 heteroatoms. The molecule has 0 bridgehead atoms. The minimum absolute atomic E-state index is 0.161. The number of hydrogen-bond donors (Lipinski definition) is 2. The third-order valence-electron chi connectivity index (χ3n) is 2.41. The number of benzene rings is 1. The summed E-state index contributed by atoms with van der Waals surface area (Å²) in [6.07, 6.45) is 0.838. The second kappa shape index (κ2) is 4.57. The van der Waals surface area contributed by atoms with E-state index in [0.29, 0.717) is 11.0 Å². The Morgan fingerprint density at radius 1 is 1.44 bits per heavy atom. The fraction of sp³-hybridized carbons (Fsp3) is 0.273. The lowest BCUT2D eigenvalue weighted by atomic mass is 10.1. The molecular weight excluding hydrogens is 222 g/mol. The van der Waals surface area contributed by atoms with Crippen molar-refractivity contribution in [3.05, 3.63) is 29.8 Å². The first-order valence-corrected chi connectivity index (χ1v) is 5.83. The summed E-state index contributed by atoms with van der Waals surface area (Å²) >= 11 is 1.51. The summed E-state index contributed by atoms with van der Waals surface area (Å²) in [6, 6.07) is 7.94. The summed E-state index contributed by atoms with van der Waals surface area (Å²) in [5.74, 6) is 1.47. The minimum Gasteiger partial charge on any atom is -0.497 e. The molecule has 1 aromatic rings. The standard InChI is InChI=1S/C11H13N3OS/c1-15-8-4-2-7(3-5-8)6-9-10(12)14-11(13)16-9/h2-5,9H,6H2,1H3,(H3,12,13,14)/p+1/t9-/m1/s1. The smallest absolute Gasteiger partial charge is 0.353 e. The molecule has 84 valence electrons. The van der Waals surface area contributed by atoms with E-state index in [9.17, 15) is 0 Å².